The van der Waals surface area contributed by atoms with Crippen molar-refractivity contribution in [2.45, 2.75) is 26.1 Å². The summed E-state index contributed by atoms with van der Waals surface area (Å²) in [4.78, 5) is 22.3. The molecule has 0 radical (unpaired) electrons. The maximum absolute atomic E-state index is 12.9. The second-order valence-electron chi connectivity index (χ2n) is 6.45. The molecule has 1 atom stereocenters. The van der Waals surface area contributed by atoms with Crippen molar-refractivity contribution in [1.29, 1.82) is 0 Å². The second-order valence-corrected chi connectivity index (χ2v) is 6.45. The lowest BCUT2D eigenvalue weighted by atomic mass is 9.94. The van der Waals surface area contributed by atoms with E-state index in [0.717, 1.165) is 12.1 Å². The van der Waals surface area contributed by atoms with Gasteiger partial charge in [-0.2, -0.15) is 13.2 Å². The van der Waals surface area contributed by atoms with Crippen LogP contribution in [0.25, 0.3) is 0 Å². The van der Waals surface area contributed by atoms with Crippen LogP contribution in [-0.2, 0) is 11.0 Å². The third kappa shape index (κ3) is 5.70. The lowest BCUT2D eigenvalue weighted by Gasteiger charge is -2.24. The molecule has 1 N–H and O–H groups in total. The zero-order chi connectivity index (χ0) is 20.9. The van der Waals surface area contributed by atoms with Gasteiger partial charge in [-0.1, -0.05) is 26.0 Å². The molecule has 2 aromatic rings. The first-order valence-electron chi connectivity index (χ1n) is 8.41. The van der Waals surface area contributed by atoms with Crippen molar-refractivity contribution in [3.63, 3.8) is 0 Å². The molecule has 0 saturated carbocycles. The number of benzene rings is 2. The highest BCUT2D eigenvalue weighted by atomic mass is 19.4. The zero-order valence-electron chi connectivity index (χ0n) is 15.2. The molecule has 28 heavy (non-hydrogen) atoms. The van der Waals surface area contributed by atoms with E-state index in [2.05, 4.69) is 5.32 Å². The number of nitro groups is 1. The van der Waals surface area contributed by atoms with E-state index < -0.39 is 28.6 Å². The fraction of sp³-hybridized carbons (Fsp3) is 0.316. The van der Waals surface area contributed by atoms with Gasteiger partial charge in [0.15, 0.2) is 6.61 Å². The minimum atomic E-state index is -4.47. The van der Waals surface area contributed by atoms with E-state index in [0.29, 0.717) is 5.56 Å². The number of hydrogen-bond donors (Lipinski definition) is 1. The molecular formula is C19H19F3N2O4. The van der Waals surface area contributed by atoms with Crippen molar-refractivity contribution in [2.24, 2.45) is 5.92 Å². The van der Waals surface area contributed by atoms with Crippen molar-refractivity contribution in [2.75, 3.05) is 6.61 Å². The van der Waals surface area contributed by atoms with Gasteiger partial charge >= 0.3 is 6.18 Å². The quantitative estimate of drug-likeness (QED) is 0.552. The SMILES string of the molecule is CC(C)C(NC(=O)COc1ccc([N+](=O)[O-])cc1)c1cccc(C(F)(F)F)c1. The Labute approximate surface area is 159 Å². The van der Waals surface area contributed by atoms with Gasteiger partial charge in [-0.05, 0) is 35.7 Å². The van der Waals surface area contributed by atoms with E-state index in [-0.39, 0.29) is 24.0 Å². The van der Waals surface area contributed by atoms with Gasteiger partial charge in [0.05, 0.1) is 16.5 Å². The summed E-state index contributed by atoms with van der Waals surface area (Å²) >= 11 is 0. The number of hydrogen-bond acceptors (Lipinski definition) is 4. The summed E-state index contributed by atoms with van der Waals surface area (Å²) in [7, 11) is 0. The van der Waals surface area contributed by atoms with Crippen LogP contribution in [-0.4, -0.2) is 17.4 Å². The van der Waals surface area contributed by atoms with E-state index in [4.69, 9.17) is 4.74 Å². The average Bonchev–Trinajstić information content (AvgIpc) is 2.64. The normalized spacial score (nSPS) is 12.5. The Morgan fingerprint density at radius 1 is 1.18 bits per heavy atom. The smallest absolute Gasteiger partial charge is 0.416 e. The minimum Gasteiger partial charge on any atom is -0.484 e. The molecule has 0 heterocycles. The summed E-state index contributed by atoms with van der Waals surface area (Å²) in [5.74, 6) is -0.415. The average molecular weight is 396 g/mol. The molecular weight excluding hydrogens is 377 g/mol. The number of rotatable bonds is 7. The topological polar surface area (TPSA) is 81.5 Å². The van der Waals surface area contributed by atoms with E-state index in [1.807, 2.05) is 0 Å². The van der Waals surface area contributed by atoms with Crippen molar-refractivity contribution >= 4 is 11.6 Å². The second kappa shape index (κ2) is 8.73. The minimum absolute atomic E-state index is 0.110. The van der Waals surface area contributed by atoms with Gasteiger partial charge in [-0.25, -0.2) is 0 Å². The molecule has 6 nitrogen and oxygen atoms in total. The van der Waals surface area contributed by atoms with Gasteiger partial charge in [-0.15, -0.1) is 0 Å². The number of nitro benzene ring substituents is 1. The Bertz CT molecular complexity index is 836. The maximum atomic E-state index is 12.9. The molecule has 0 aliphatic rings. The first-order valence-corrected chi connectivity index (χ1v) is 8.41. The zero-order valence-corrected chi connectivity index (χ0v) is 15.2. The van der Waals surface area contributed by atoms with E-state index in [9.17, 15) is 28.1 Å². The summed E-state index contributed by atoms with van der Waals surface area (Å²) in [6, 6.07) is 9.39. The van der Waals surface area contributed by atoms with Crippen LogP contribution in [0.15, 0.2) is 48.5 Å². The Morgan fingerprint density at radius 3 is 2.36 bits per heavy atom. The van der Waals surface area contributed by atoms with Gasteiger partial charge in [0.25, 0.3) is 11.6 Å². The molecule has 0 aliphatic heterocycles. The molecule has 0 saturated heterocycles. The third-order valence-corrected chi connectivity index (χ3v) is 3.97. The Balaban J connectivity index is 2.04. The van der Waals surface area contributed by atoms with Gasteiger partial charge in [0, 0.05) is 12.1 Å². The maximum Gasteiger partial charge on any atom is 0.416 e. The highest BCUT2D eigenvalue weighted by Crippen LogP contribution is 2.32. The summed E-state index contributed by atoms with van der Waals surface area (Å²) in [6.07, 6.45) is -4.47. The van der Waals surface area contributed by atoms with Crippen molar-refractivity contribution in [3.8, 4) is 5.75 Å². The molecule has 150 valence electrons. The van der Waals surface area contributed by atoms with Gasteiger partial charge in [-0.3, -0.25) is 14.9 Å². The molecule has 1 unspecified atom stereocenters. The molecule has 0 aliphatic carbocycles. The number of halogens is 3. The van der Waals surface area contributed by atoms with Gasteiger partial charge in [0.1, 0.15) is 5.75 Å². The van der Waals surface area contributed by atoms with Crippen LogP contribution in [0.3, 0.4) is 0 Å². The van der Waals surface area contributed by atoms with Crippen LogP contribution in [0.5, 0.6) is 5.75 Å². The van der Waals surface area contributed by atoms with Gasteiger partial charge < -0.3 is 10.1 Å². The van der Waals surface area contributed by atoms with Crippen LogP contribution in [0.4, 0.5) is 18.9 Å². The number of carbonyl (C=O) groups is 1. The summed E-state index contributed by atoms with van der Waals surface area (Å²) in [5, 5.41) is 13.3. The monoisotopic (exact) mass is 396 g/mol. The molecule has 0 spiro atoms. The molecule has 0 bridgehead atoms. The molecule has 0 fully saturated rings. The van der Waals surface area contributed by atoms with Crippen LogP contribution in [0, 0.1) is 16.0 Å². The predicted octanol–water partition coefficient (Wildman–Crippen LogP) is 4.51. The fourth-order valence-corrected chi connectivity index (χ4v) is 2.57. The number of carbonyl (C=O) groups excluding carboxylic acids is 1. The van der Waals surface area contributed by atoms with Crippen molar-refractivity contribution < 1.29 is 27.6 Å². The molecule has 2 rings (SSSR count). The highest BCUT2D eigenvalue weighted by molar-refractivity contribution is 5.78. The van der Waals surface area contributed by atoms with Crippen molar-refractivity contribution in [3.05, 3.63) is 69.8 Å². The number of alkyl halides is 3. The molecule has 1 amide bonds. The first-order chi connectivity index (χ1) is 13.1. The summed E-state index contributed by atoms with van der Waals surface area (Å²) in [6.45, 7) is 3.19. The number of amides is 1. The van der Waals surface area contributed by atoms with Crippen molar-refractivity contribution in [1.82, 2.24) is 5.32 Å². The molecule has 9 heteroatoms. The van der Waals surface area contributed by atoms with E-state index in [1.165, 1.54) is 36.4 Å². The van der Waals surface area contributed by atoms with Crippen LogP contribution in [0.2, 0.25) is 0 Å². The number of nitrogens with one attached hydrogen (secondary N) is 1. The Kier molecular flexibility index (Phi) is 6.61. The molecule has 2 aromatic carbocycles. The predicted molar refractivity (Wildman–Crippen MR) is 95.8 cm³/mol. The van der Waals surface area contributed by atoms with Crippen LogP contribution >= 0.6 is 0 Å². The van der Waals surface area contributed by atoms with E-state index in [1.54, 1.807) is 13.8 Å². The fourth-order valence-electron chi connectivity index (χ4n) is 2.57. The Morgan fingerprint density at radius 2 is 1.82 bits per heavy atom. The first kappa shape index (κ1) is 21.2. The standard InChI is InChI=1S/C19H19F3N2O4/c1-12(2)18(13-4-3-5-14(10-13)19(20,21)22)23-17(25)11-28-16-8-6-15(7-9-16)24(26)27/h3-10,12,18H,11H2,1-2H3,(H,23,25). The number of nitrogens with zero attached hydrogens (tertiary/aromatic N) is 1. The highest BCUT2D eigenvalue weighted by Gasteiger charge is 2.31. The summed E-state index contributed by atoms with van der Waals surface area (Å²) < 4.78 is 44.1. The number of non-ortho nitro benzene ring substituents is 1. The van der Waals surface area contributed by atoms with Crippen LogP contribution < -0.4 is 10.1 Å². The summed E-state index contributed by atoms with van der Waals surface area (Å²) in [5.41, 5.74) is -0.554. The largest absolute Gasteiger partial charge is 0.484 e. The number of ether oxygens (including phenoxy) is 1. The lowest BCUT2D eigenvalue weighted by molar-refractivity contribution is -0.384. The van der Waals surface area contributed by atoms with E-state index >= 15 is 0 Å². The van der Waals surface area contributed by atoms with Crippen LogP contribution in [0.1, 0.15) is 31.0 Å². The molecule has 0 aromatic heterocycles. The third-order valence-electron chi connectivity index (χ3n) is 3.97. The van der Waals surface area contributed by atoms with Gasteiger partial charge in [0.2, 0.25) is 0 Å². The Hall–Kier alpha value is -3.10. The lowest BCUT2D eigenvalue weighted by Crippen LogP contribution is -2.35.